The van der Waals surface area contributed by atoms with E-state index in [1.165, 1.54) is 0 Å². The molecule has 1 saturated carbocycles. The first kappa shape index (κ1) is 19.0. The Labute approximate surface area is 143 Å². The maximum atomic E-state index is 12.6. The first-order valence-corrected chi connectivity index (χ1v) is 8.45. The summed E-state index contributed by atoms with van der Waals surface area (Å²) >= 11 is 0.974. The van der Waals surface area contributed by atoms with Crippen LogP contribution in [0.1, 0.15) is 37.9 Å². The molecule has 1 aliphatic rings. The van der Waals surface area contributed by atoms with Crippen molar-refractivity contribution in [1.82, 2.24) is 15.6 Å². The van der Waals surface area contributed by atoms with Crippen LogP contribution in [0.5, 0.6) is 0 Å². The maximum absolute atomic E-state index is 12.6. The maximum Gasteiger partial charge on any atom is 0.434 e. The van der Waals surface area contributed by atoms with Crippen LogP contribution in [0, 0.1) is 5.41 Å². The molecule has 1 aliphatic carbocycles. The minimum atomic E-state index is -4.41. The van der Waals surface area contributed by atoms with Crippen molar-refractivity contribution in [3.8, 4) is 0 Å². The van der Waals surface area contributed by atoms with Gasteiger partial charge in [-0.3, -0.25) is 4.99 Å². The molecule has 0 spiro atoms. The topological polar surface area (TPSA) is 58.5 Å². The molecule has 0 saturated heterocycles. The summed E-state index contributed by atoms with van der Waals surface area (Å²) in [6, 6.07) is 0.163. The molecule has 9 heteroatoms. The van der Waals surface area contributed by atoms with Gasteiger partial charge in [-0.25, -0.2) is 4.98 Å². The van der Waals surface area contributed by atoms with E-state index in [2.05, 4.69) is 41.4 Å². The molecular weight excluding hydrogens is 341 g/mol. The highest BCUT2D eigenvalue weighted by Crippen LogP contribution is 2.51. The van der Waals surface area contributed by atoms with Crippen LogP contribution in [0.15, 0.2) is 10.4 Å². The van der Waals surface area contributed by atoms with Crippen molar-refractivity contribution in [2.45, 2.75) is 51.6 Å². The van der Waals surface area contributed by atoms with Gasteiger partial charge in [-0.2, -0.15) is 13.2 Å². The van der Waals surface area contributed by atoms with Crippen LogP contribution < -0.4 is 10.6 Å². The number of ether oxygens (including phenoxy) is 1. The lowest BCUT2D eigenvalue weighted by atomic mass is 9.56. The molecule has 1 aromatic heterocycles. The fraction of sp³-hybridized carbons (Fsp3) is 0.733. The predicted octanol–water partition coefficient (Wildman–Crippen LogP) is 3.03. The van der Waals surface area contributed by atoms with E-state index in [1.807, 2.05) is 0 Å². The van der Waals surface area contributed by atoms with Gasteiger partial charge in [-0.05, 0) is 13.3 Å². The number of halogens is 3. The summed E-state index contributed by atoms with van der Waals surface area (Å²) in [4.78, 5) is 7.72. The molecule has 2 rings (SSSR count). The monoisotopic (exact) mass is 364 g/mol. The number of aromatic nitrogens is 1. The van der Waals surface area contributed by atoms with Crippen molar-refractivity contribution in [3.63, 3.8) is 0 Å². The number of alkyl halides is 3. The Morgan fingerprint density at radius 3 is 2.58 bits per heavy atom. The second kappa shape index (κ2) is 6.51. The second-order valence-electron chi connectivity index (χ2n) is 6.61. The molecule has 2 unspecified atom stereocenters. The number of hydrogen-bond donors (Lipinski definition) is 2. The Bertz CT molecular complexity index is 614. The standard InChI is InChI=1S/C15H23F3N4OS/c1-13(2)9(6-14(13,3)23-5)22-12(19-4)20-7-11-21-10(8-24-11)15(16,17)18/h8-9H,6-7H2,1-5H3,(H2,19,20,22). The van der Waals surface area contributed by atoms with Crippen LogP contribution in [0.25, 0.3) is 0 Å². The van der Waals surface area contributed by atoms with E-state index in [1.54, 1.807) is 14.2 Å². The molecule has 2 atom stereocenters. The van der Waals surface area contributed by atoms with E-state index < -0.39 is 11.9 Å². The summed E-state index contributed by atoms with van der Waals surface area (Å²) in [5.41, 5.74) is -1.16. The third-order valence-corrected chi connectivity index (χ3v) is 5.91. The molecule has 0 bridgehead atoms. The Morgan fingerprint density at radius 2 is 2.12 bits per heavy atom. The number of methoxy groups -OCH3 is 1. The van der Waals surface area contributed by atoms with Crippen LogP contribution in [0.3, 0.4) is 0 Å². The van der Waals surface area contributed by atoms with E-state index in [9.17, 15) is 13.2 Å². The number of rotatable bonds is 4. The molecule has 1 aromatic rings. The van der Waals surface area contributed by atoms with Gasteiger partial charge in [0, 0.05) is 31.0 Å². The summed E-state index contributed by atoms with van der Waals surface area (Å²) < 4.78 is 43.3. The molecule has 0 aliphatic heterocycles. The van der Waals surface area contributed by atoms with Gasteiger partial charge >= 0.3 is 6.18 Å². The van der Waals surface area contributed by atoms with Crippen molar-refractivity contribution in [2.75, 3.05) is 14.2 Å². The first-order chi connectivity index (χ1) is 11.0. The highest BCUT2D eigenvalue weighted by atomic mass is 32.1. The molecule has 2 N–H and O–H groups in total. The number of hydrogen-bond acceptors (Lipinski definition) is 4. The molecule has 24 heavy (non-hydrogen) atoms. The van der Waals surface area contributed by atoms with E-state index in [-0.39, 0.29) is 23.6 Å². The van der Waals surface area contributed by atoms with Gasteiger partial charge in [-0.1, -0.05) is 13.8 Å². The molecule has 1 heterocycles. The molecule has 0 aromatic carbocycles. The van der Waals surface area contributed by atoms with Crippen LogP contribution in [0.2, 0.25) is 0 Å². The number of aliphatic imine (C=N–C) groups is 1. The molecule has 0 radical (unpaired) electrons. The van der Waals surface area contributed by atoms with E-state index in [0.29, 0.717) is 11.0 Å². The zero-order valence-corrected chi connectivity index (χ0v) is 15.2. The Hall–Kier alpha value is -1.35. The van der Waals surface area contributed by atoms with Crippen LogP contribution in [-0.4, -0.2) is 36.7 Å². The molecule has 1 fully saturated rings. The predicted molar refractivity (Wildman–Crippen MR) is 88.1 cm³/mol. The molecule has 5 nitrogen and oxygen atoms in total. The summed E-state index contributed by atoms with van der Waals surface area (Å²) in [7, 11) is 3.32. The summed E-state index contributed by atoms with van der Waals surface area (Å²) in [5.74, 6) is 0.537. The summed E-state index contributed by atoms with van der Waals surface area (Å²) in [5, 5.41) is 7.70. The normalized spacial score (nSPS) is 26.8. The molecule has 136 valence electrons. The minimum Gasteiger partial charge on any atom is -0.378 e. The quantitative estimate of drug-likeness (QED) is 0.637. The fourth-order valence-corrected chi connectivity index (χ4v) is 3.50. The summed E-state index contributed by atoms with van der Waals surface area (Å²) in [6.45, 7) is 6.48. The average Bonchev–Trinajstić information content (AvgIpc) is 2.99. The summed E-state index contributed by atoms with van der Waals surface area (Å²) in [6.07, 6.45) is -3.58. The second-order valence-corrected chi connectivity index (χ2v) is 7.55. The van der Waals surface area contributed by atoms with Gasteiger partial charge in [0.1, 0.15) is 5.01 Å². The molecule has 0 amide bonds. The van der Waals surface area contributed by atoms with Crippen LogP contribution in [-0.2, 0) is 17.5 Å². The first-order valence-electron chi connectivity index (χ1n) is 7.57. The zero-order valence-electron chi connectivity index (χ0n) is 14.4. The SMILES string of the molecule is CN=C(NCc1nc(C(F)(F)F)cs1)NC1CC(C)(OC)C1(C)C. The van der Waals surface area contributed by atoms with Crippen LogP contribution >= 0.6 is 11.3 Å². The lowest BCUT2D eigenvalue weighted by Crippen LogP contribution is -2.69. The third-order valence-electron chi connectivity index (χ3n) is 5.06. The Kier molecular flexibility index (Phi) is 5.15. The van der Waals surface area contributed by atoms with Crippen molar-refractivity contribution in [3.05, 3.63) is 16.1 Å². The fourth-order valence-electron chi connectivity index (χ4n) is 2.76. The zero-order chi connectivity index (χ0) is 18.2. The van der Waals surface area contributed by atoms with Crippen molar-refractivity contribution < 1.29 is 17.9 Å². The highest BCUT2D eigenvalue weighted by molar-refractivity contribution is 7.09. The number of nitrogens with zero attached hydrogens (tertiary/aromatic N) is 2. The van der Waals surface area contributed by atoms with Gasteiger partial charge < -0.3 is 15.4 Å². The number of nitrogens with one attached hydrogen (secondary N) is 2. The van der Waals surface area contributed by atoms with E-state index in [0.717, 1.165) is 23.1 Å². The Balaban J connectivity index is 1.92. The Morgan fingerprint density at radius 1 is 1.46 bits per heavy atom. The number of thiazole rings is 1. The minimum absolute atomic E-state index is 0.0932. The smallest absolute Gasteiger partial charge is 0.378 e. The van der Waals surface area contributed by atoms with Crippen molar-refractivity contribution in [2.24, 2.45) is 10.4 Å². The largest absolute Gasteiger partial charge is 0.434 e. The average molecular weight is 364 g/mol. The van der Waals surface area contributed by atoms with Gasteiger partial charge in [0.25, 0.3) is 0 Å². The van der Waals surface area contributed by atoms with E-state index >= 15 is 0 Å². The van der Waals surface area contributed by atoms with Gasteiger partial charge in [-0.15, -0.1) is 11.3 Å². The van der Waals surface area contributed by atoms with E-state index in [4.69, 9.17) is 4.74 Å². The van der Waals surface area contributed by atoms with Gasteiger partial charge in [0.15, 0.2) is 11.7 Å². The third kappa shape index (κ3) is 3.51. The highest BCUT2D eigenvalue weighted by Gasteiger charge is 2.58. The number of guanidine groups is 1. The lowest BCUT2D eigenvalue weighted by molar-refractivity contribution is -0.176. The molecular formula is C15H23F3N4OS. The van der Waals surface area contributed by atoms with Gasteiger partial charge in [0.2, 0.25) is 0 Å². The van der Waals surface area contributed by atoms with Crippen molar-refractivity contribution >= 4 is 17.3 Å². The van der Waals surface area contributed by atoms with Crippen molar-refractivity contribution in [1.29, 1.82) is 0 Å². The van der Waals surface area contributed by atoms with Crippen LogP contribution in [0.4, 0.5) is 13.2 Å². The van der Waals surface area contributed by atoms with Gasteiger partial charge in [0.05, 0.1) is 12.1 Å². The lowest BCUT2D eigenvalue weighted by Gasteiger charge is -2.59.